The van der Waals surface area contributed by atoms with Crippen molar-refractivity contribution in [3.8, 4) is 5.75 Å². The summed E-state index contributed by atoms with van der Waals surface area (Å²) in [5.41, 5.74) is 1.12. The molecule has 0 aliphatic carbocycles. The first-order chi connectivity index (χ1) is 9.15. The van der Waals surface area contributed by atoms with E-state index in [4.69, 9.17) is 21.1 Å². The van der Waals surface area contributed by atoms with Gasteiger partial charge in [0.25, 0.3) is 0 Å². The molecule has 0 spiro atoms. The summed E-state index contributed by atoms with van der Waals surface area (Å²) in [5.74, 6) is 0.935. The molecule has 1 fully saturated rings. The molecule has 1 heterocycles. The zero-order chi connectivity index (χ0) is 13.7. The molecule has 1 N–H and O–H groups in total. The average molecular weight is 284 g/mol. The molecular formula is C15H22ClNO2. The molecule has 1 aliphatic heterocycles. The summed E-state index contributed by atoms with van der Waals surface area (Å²) in [6.45, 7) is 6.61. The van der Waals surface area contributed by atoms with Crippen LogP contribution in [0.4, 0.5) is 0 Å². The predicted molar refractivity (Wildman–Crippen MR) is 77.9 cm³/mol. The largest absolute Gasteiger partial charge is 0.490 e. The Bertz CT molecular complexity index is 403. The van der Waals surface area contributed by atoms with Crippen LogP contribution < -0.4 is 10.1 Å². The molecule has 0 radical (unpaired) electrons. The molecule has 0 saturated carbocycles. The fraction of sp³-hybridized carbons (Fsp3) is 0.600. The molecule has 3 nitrogen and oxygen atoms in total. The Hall–Kier alpha value is -0.770. The van der Waals surface area contributed by atoms with Crippen molar-refractivity contribution < 1.29 is 9.47 Å². The van der Waals surface area contributed by atoms with E-state index in [1.807, 2.05) is 18.2 Å². The lowest BCUT2D eigenvalue weighted by atomic mass is 10.1. The molecule has 2 rings (SSSR count). The molecule has 0 aromatic heterocycles. The van der Waals surface area contributed by atoms with E-state index in [9.17, 15) is 0 Å². The normalized spacial score (nSPS) is 16.8. The zero-order valence-corrected chi connectivity index (χ0v) is 12.4. The highest BCUT2D eigenvalue weighted by atomic mass is 35.5. The van der Waals surface area contributed by atoms with E-state index in [1.165, 1.54) is 0 Å². The van der Waals surface area contributed by atoms with Gasteiger partial charge in [0.2, 0.25) is 0 Å². The van der Waals surface area contributed by atoms with E-state index in [0.717, 1.165) is 48.9 Å². The van der Waals surface area contributed by atoms with E-state index in [2.05, 4.69) is 19.2 Å². The Morgan fingerprint density at radius 3 is 2.79 bits per heavy atom. The number of ether oxygens (including phenoxy) is 2. The van der Waals surface area contributed by atoms with Crippen molar-refractivity contribution in [1.29, 1.82) is 0 Å². The Labute approximate surface area is 120 Å². The predicted octanol–water partition coefficient (Wildman–Crippen LogP) is 3.40. The van der Waals surface area contributed by atoms with Crippen LogP contribution in [0, 0.1) is 0 Å². The first-order valence-corrected chi connectivity index (χ1v) is 7.29. The molecule has 1 aromatic rings. The minimum absolute atomic E-state index is 0.257. The van der Waals surface area contributed by atoms with E-state index >= 15 is 0 Å². The highest BCUT2D eigenvalue weighted by Crippen LogP contribution is 2.26. The van der Waals surface area contributed by atoms with Crippen LogP contribution in [0.1, 0.15) is 32.3 Å². The molecule has 0 amide bonds. The van der Waals surface area contributed by atoms with Crippen LogP contribution in [-0.4, -0.2) is 25.4 Å². The molecule has 1 aliphatic rings. The third-order valence-corrected chi connectivity index (χ3v) is 3.42. The number of benzene rings is 1. The quantitative estimate of drug-likeness (QED) is 0.898. The van der Waals surface area contributed by atoms with Gasteiger partial charge in [-0.2, -0.15) is 0 Å². The summed E-state index contributed by atoms with van der Waals surface area (Å²) in [5, 5.41) is 4.15. The molecule has 0 atom stereocenters. The minimum atomic E-state index is 0.257. The summed E-state index contributed by atoms with van der Waals surface area (Å²) >= 11 is 6.07. The number of rotatable bonds is 5. The lowest BCUT2D eigenvalue weighted by Crippen LogP contribution is -2.27. The zero-order valence-electron chi connectivity index (χ0n) is 11.6. The second-order valence-electron chi connectivity index (χ2n) is 5.22. The van der Waals surface area contributed by atoms with E-state index < -0.39 is 0 Å². The highest BCUT2D eigenvalue weighted by molar-refractivity contribution is 6.30. The van der Waals surface area contributed by atoms with Gasteiger partial charge in [-0.25, -0.2) is 0 Å². The number of hydrogen-bond donors (Lipinski definition) is 1. The van der Waals surface area contributed by atoms with Gasteiger partial charge < -0.3 is 14.8 Å². The first-order valence-electron chi connectivity index (χ1n) is 6.91. The summed E-state index contributed by atoms with van der Waals surface area (Å²) < 4.78 is 11.4. The van der Waals surface area contributed by atoms with Crippen molar-refractivity contribution in [2.45, 2.75) is 45.4 Å². The van der Waals surface area contributed by atoms with Gasteiger partial charge in [0.05, 0.1) is 13.2 Å². The van der Waals surface area contributed by atoms with Gasteiger partial charge in [-0.15, -0.1) is 0 Å². The lowest BCUT2D eigenvalue weighted by molar-refractivity contribution is 0.0251. The first kappa shape index (κ1) is 14.6. The van der Waals surface area contributed by atoms with Crippen molar-refractivity contribution in [2.75, 3.05) is 13.2 Å². The van der Waals surface area contributed by atoms with Gasteiger partial charge in [-0.05, 0) is 18.2 Å². The molecule has 1 aromatic carbocycles. The van der Waals surface area contributed by atoms with Crippen LogP contribution in [0.25, 0.3) is 0 Å². The van der Waals surface area contributed by atoms with Gasteiger partial charge in [0.15, 0.2) is 0 Å². The van der Waals surface area contributed by atoms with Gasteiger partial charge >= 0.3 is 0 Å². The van der Waals surface area contributed by atoms with Crippen molar-refractivity contribution in [3.63, 3.8) is 0 Å². The van der Waals surface area contributed by atoms with Crippen LogP contribution in [-0.2, 0) is 11.3 Å². The van der Waals surface area contributed by atoms with Crippen molar-refractivity contribution in [2.24, 2.45) is 0 Å². The van der Waals surface area contributed by atoms with Crippen LogP contribution in [0.5, 0.6) is 5.75 Å². The second-order valence-corrected chi connectivity index (χ2v) is 5.65. The number of nitrogens with one attached hydrogen (secondary N) is 1. The van der Waals surface area contributed by atoms with Gasteiger partial charge in [0.1, 0.15) is 11.9 Å². The summed E-state index contributed by atoms with van der Waals surface area (Å²) in [7, 11) is 0. The standard InChI is InChI=1S/C15H22ClNO2/c1-11(2)17-10-12-9-13(16)3-4-15(12)19-14-5-7-18-8-6-14/h3-4,9,11,14,17H,5-8,10H2,1-2H3. The van der Waals surface area contributed by atoms with E-state index in [-0.39, 0.29) is 6.10 Å². The summed E-state index contributed by atoms with van der Waals surface area (Å²) in [6.07, 6.45) is 2.17. The van der Waals surface area contributed by atoms with Crippen LogP contribution >= 0.6 is 11.6 Å². The molecule has 1 saturated heterocycles. The number of halogens is 1. The third-order valence-electron chi connectivity index (χ3n) is 3.19. The summed E-state index contributed by atoms with van der Waals surface area (Å²) in [4.78, 5) is 0. The molecule has 0 bridgehead atoms. The molecule has 0 unspecified atom stereocenters. The summed E-state index contributed by atoms with van der Waals surface area (Å²) in [6, 6.07) is 6.27. The highest BCUT2D eigenvalue weighted by Gasteiger charge is 2.17. The van der Waals surface area contributed by atoms with Crippen LogP contribution in [0.2, 0.25) is 5.02 Å². The fourth-order valence-electron chi connectivity index (χ4n) is 2.09. The Balaban J connectivity index is 2.04. The van der Waals surface area contributed by atoms with Gasteiger partial charge in [-0.1, -0.05) is 25.4 Å². The fourth-order valence-corrected chi connectivity index (χ4v) is 2.28. The number of hydrogen-bond acceptors (Lipinski definition) is 3. The van der Waals surface area contributed by atoms with Crippen LogP contribution in [0.3, 0.4) is 0 Å². The minimum Gasteiger partial charge on any atom is -0.490 e. The lowest BCUT2D eigenvalue weighted by Gasteiger charge is -2.25. The Kier molecular flexibility index (Phi) is 5.49. The van der Waals surface area contributed by atoms with E-state index in [1.54, 1.807) is 0 Å². The molecule has 19 heavy (non-hydrogen) atoms. The maximum atomic E-state index is 6.10. The second kappa shape index (κ2) is 7.13. The topological polar surface area (TPSA) is 30.5 Å². The maximum absolute atomic E-state index is 6.10. The SMILES string of the molecule is CC(C)NCc1cc(Cl)ccc1OC1CCOCC1. The molecule has 106 valence electrons. The van der Waals surface area contributed by atoms with Crippen LogP contribution in [0.15, 0.2) is 18.2 Å². The van der Waals surface area contributed by atoms with Gasteiger partial charge in [-0.3, -0.25) is 0 Å². The molecule has 4 heteroatoms. The van der Waals surface area contributed by atoms with Gasteiger partial charge in [0, 0.05) is 36.0 Å². The monoisotopic (exact) mass is 283 g/mol. The Morgan fingerprint density at radius 1 is 1.37 bits per heavy atom. The smallest absolute Gasteiger partial charge is 0.124 e. The third kappa shape index (κ3) is 4.68. The molecular weight excluding hydrogens is 262 g/mol. The Morgan fingerprint density at radius 2 is 2.11 bits per heavy atom. The maximum Gasteiger partial charge on any atom is 0.124 e. The van der Waals surface area contributed by atoms with Crippen molar-refractivity contribution in [1.82, 2.24) is 5.32 Å². The average Bonchev–Trinajstić information content (AvgIpc) is 2.40. The van der Waals surface area contributed by atoms with Crippen molar-refractivity contribution in [3.05, 3.63) is 28.8 Å². The van der Waals surface area contributed by atoms with Crippen molar-refractivity contribution >= 4 is 11.6 Å². The van der Waals surface area contributed by atoms with E-state index in [0.29, 0.717) is 6.04 Å².